The van der Waals surface area contributed by atoms with E-state index in [9.17, 15) is 9.65 Å². The lowest BCUT2D eigenvalue weighted by molar-refractivity contribution is 0.594. The van der Waals surface area contributed by atoms with Crippen molar-refractivity contribution in [2.24, 2.45) is 0 Å². The summed E-state index contributed by atoms with van der Waals surface area (Å²) in [6.45, 7) is 2.36. The van der Waals surface area contributed by atoms with Crippen molar-refractivity contribution < 1.29 is 4.39 Å². The molecule has 0 amide bonds. The fourth-order valence-electron chi connectivity index (χ4n) is 2.98. The highest BCUT2D eigenvalue weighted by Gasteiger charge is 2.25. The first kappa shape index (κ1) is 15.6. The highest BCUT2D eigenvalue weighted by molar-refractivity contribution is 6.31. The van der Waals surface area contributed by atoms with E-state index in [0.29, 0.717) is 37.8 Å². The summed E-state index contributed by atoms with van der Waals surface area (Å²) in [5.41, 5.74) is 1.94. The second kappa shape index (κ2) is 6.18. The van der Waals surface area contributed by atoms with Crippen molar-refractivity contribution in [3.63, 3.8) is 0 Å². The lowest BCUT2D eigenvalue weighted by Gasteiger charge is -2.36. The molecule has 1 saturated heterocycles. The number of rotatable bonds is 2. The van der Waals surface area contributed by atoms with Gasteiger partial charge in [0.15, 0.2) is 11.5 Å². The van der Waals surface area contributed by atoms with Crippen LogP contribution in [0.2, 0.25) is 5.02 Å². The summed E-state index contributed by atoms with van der Waals surface area (Å²) < 4.78 is 14.4. The first-order chi connectivity index (χ1) is 12.2. The molecule has 1 aromatic carbocycles. The fraction of sp³-hybridized carbons (Fsp3) is 0.250. The molecule has 0 unspecified atom stereocenters. The second-order valence-electron chi connectivity index (χ2n) is 5.66. The zero-order chi connectivity index (χ0) is 17.4. The van der Waals surface area contributed by atoms with Crippen LogP contribution in [-0.2, 0) is 0 Å². The lowest BCUT2D eigenvalue weighted by atomic mass is 10.1. The largest absolute Gasteiger partial charge is 0.364 e. The quantitative estimate of drug-likeness (QED) is 0.757. The van der Waals surface area contributed by atoms with Crippen LogP contribution in [0.1, 0.15) is 5.56 Å². The third kappa shape index (κ3) is 2.72. The number of H-pyrrole nitrogens is 1. The summed E-state index contributed by atoms with van der Waals surface area (Å²) >= 11 is 5.88. The lowest BCUT2D eigenvalue weighted by Crippen LogP contribution is -2.47. The zero-order valence-electron chi connectivity index (χ0n) is 13.1. The Bertz CT molecular complexity index is 939. The van der Waals surface area contributed by atoms with Crippen molar-refractivity contribution in [1.29, 1.82) is 5.26 Å². The molecule has 2 aromatic heterocycles. The molecule has 0 spiro atoms. The molecule has 25 heavy (non-hydrogen) atoms. The number of nitriles is 1. The van der Waals surface area contributed by atoms with Crippen LogP contribution in [0.3, 0.4) is 0 Å². The number of aromatic amines is 1. The van der Waals surface area contributed by atoms with E-state index >= 15 is 0 Å². The number of piperazine rings is 1. The minimum absolute atomic E-state index is 0.0206. The standard InChI is InChI=1S/C16H13ClFN7/c17-11-2-1-10(7-19)14(13(11)18)24-3-5-25(6-4-24)16-22-12-8-20-9-21-15(12)23-16/h1-2,8-9H,3-6H2,(H,20,21,22,23). The molecule has 3 heterocycles. The number of benzene rings is 1. The predicted molar refractivity (Wildman–Crippen MR) is 92.2 cm³/mol. The van der Waals surface area contributed by atoms with Crippen LogP contribution in [0.25, 0.3) is 11.2 Å². The Hall–Kier alpha value is -2.92. The van der Waals surface area contributed by atoms with Crippen LogP contribution < -0.4 is 9.80 Å². The summed E-state index contributed by atoms with van der Waals surface area (Å²) in [6, 6.07) is 4.99. The van der Waals surface area contributed by atoms with Gasteiger partial charge in [0.05, 0.1) is 22.5 Å². The third-order valence-corrected chi connectivity index (χ3v) is 4.53. The first-order valence-electron chi connectivity index (χ1n) is 7.71. The van der Waals surface area contributed by atoms with E-state index in [-0.39, 0.29) is 16.3 Å². The van der Waals surface area contributed by atoms with Crippen LogP contribution in [0.4, 0.5) is 16.0 Å². The maximum absolute atomic E-state index is 14.4. The topological polar surface area (TPSA) is 84.7 Å². The first-order valence-corrected chi connectivity index (χ1v) is 8.09. The monoisotopic (exact) mass is 357 g/mol. The van der Waals surface area contributed by atoms with Crippen molar-refractivity contribution >= 4 is 34.4 Å². The van der Waals surface area contributed by atoms with E-state index in [1.165, 1.54) is 12.4 Å². The summed E-state index contributed by atoms with van der Waals surface area (Å²) in [6.07, 6.45) is 3.13. The van der Waals surface area contributed by atoms with Crippen LogP contribution in [0, 0.1) is 17.1 Å². The molecule has 1 N–H and O–H groups in total. The minimum Gasteiger partial charge on any atom is -0.364 e. The van der Waals surface area contributed by atoms with Gasteiger partial charge in [-0.15, -0.1) is 0 Å². The van der Waals surface area contributed by atoms with Crippen molar-refractivity contribution in [1.82, 2.24) is 19.9 Å². The molecule has 0 aliphatic carbocycles. The third-order valence-electron chi connectivity index (χ3n) is 4.23. The minimum atomic E-state index is -0.548. The number of fused-ring (bicyclic) bond motifs is 1. The van der Waals surface area contributed by atoms with Gasteiger partial charge in [-0.05, 0) is 12.1 Å². The molecule has 4 rings (SSSR count). The van der Waals surface area contributed by atoms with Gasteiger partial charge >= 0.3 is 0 Å². The average Bonchev–Trinajstić information content (AvgIpc) is 3.08. The van der Waals surface area contributed by atoms with Gasteiger partial charge in [-0.1, -0.05) is 11.6 Å². The summed E-state index contributed by atoms with van der Waals surface area (Å²) in [7, 11) is 0. The highest BCUT2D eigenvalue weighted by Crippen LogP contribution is 2.30. The Morgan fingerprint density at radius 2 is 1.96 bits per heavy atom. The molecule has 0 radical (unpaired) electrons. The van der Waals surface area contributed by atoms with E-state index in [1.807, 2.05) is 11.0 Å². The molecule has 0 atom stereocenters. The van der Waals surface area contributed by atoms with E-state index in [4.69, 9.17) is 11.6 Å². The number of anilines is 2. The molecule has 1 aliphatic rings. The molecule has 3 aromatic rings. The molecule has 1 aliphatic heterocycles. The number of halogens is 2. The summed E-state index contributed by atoms with van der Waals surface area (Å²) in [5.74, 6) is 0.162. The number of hydrogen-bond donors (Lipinski definition) is 1. The Balaban J connectivity index is 1.56. The van der Waals surface area contributed by atoms with E-state index < -0.39 is 5.82 Å². The average molecular weight is 358 g/mol. The van der Waals surface area contributed by atoms with Gasteiger partial charge in [-0.2, -0.15) is 10.2 Å². The normalized spacial score (nSPS) is 14.8. The van der Waals surface area contributed by atoms with Crippen molar-refractivity contribution in [3.8, 4) is 6.07 Å². The smallest absolute Gasteiger partial charge is 0.205 e. The van der Waals surface area contributed by atoms with Gasteiger partial charge in [0.2, 0.25) is 5.95 Å². The van der Waals surface area contributed by atoms with Gasteiger partial charge in [0, 0.05) is 26.2 Å². The molecule has 9 heteroatoms. The van der Waals surface area contributed by atoms with E-state index in [1.54, 1.807) is 12.3 Å². The molecule has 0 bridgehead atoms. The van der Waals surface area contributed by atoms with Crippen molar-refractivity contribution in [3.05, 3.63) is 41.1 Å². The second-order valence-corrected chi connectivity index (χ2v) is 6.07. The van der Waals surface area contributed by atoms with Gasteiger partial charge < -0.3 is 14.8 Å². The van der Waals surface area contributed by atoms with Crippen molar-refractivity contribution in [2.45, 2.75) is 0 Å². The maximum atomic E-state index is 14.4. The Labute approximate surface area is 147 Å². The summed E-state index contributed by atoms with van der Waals surface area (Å²) in [4.78, 5) is 19.6. The van der Waals surface area contributed by atoms with E-state index in [0.717, 1.165) is 5.52 Å². The molecule has 1 fully saturated rings. The summed E-state index contributed by atoms with van der Waals surface area (Å²) in [5, 5.41) is 9.27. The SMILES string of the molecule is N#Cc1ccc(Cl)c(F)c1N1CCN(c2nc3ncncc3[nH]2)CC1. The van der Waals surface area contributed by atoms with Crippen LogP contribution in [0.5, 0.6) is 0 Å². The number of hydrogen-bond acceptors (Lipinski definition) is 6. The van der Waals surface area contributed by atoms with Gasteiger partial charge in [0.25, 0.3) is 0 Å². The molecule has 126 valence electrons. The molecule has 0 saturated carbocycles. The fourth-order valence-corrected chi connectivity index (χ4v) is 3.13. The Morgan fingerprint density at radius 3 is 2.68 bits per heavy atom. The maximum Gasteiger partial charge on any atom is 0.205 e. The molecular formula is C16H13ClFN7. The Morgan fingerprint density at radius 1 is 1.20 bits per heavy atom. The van der Waals surface area contributed by atoms with Crippen LogP contribution >= 0.6 is 11.6 Å². The number of nitrogens with one attached hydrogen (secondary N) is 1. The highest BCUT2D eigenvalue weighted by atomic mass is 35.5. The number of imidazole rings is 1. The number of nitrogens with zero attached hydrogens (tertiary/aromatic N) is 6. The molecular weight excluding hydrogens is 345 g/mol. The van der Waals surface area contributed by atoms with E-state index in [2.05, 4.69) is 24.8 Å². The van der Waals surface area contributed by atoms with Crippen LogP contribution in [-0.4, -0.2) is 46.1 Å². The van der Waals surface area contributed by atoms with Gasteiger partial charge in [-0.25, -0.2) is 14.4 Å². The number of aromatic nitrogens is 4. The predicted octanol–water partition coefficient (Wildman–Crippen LogP) is 2.34. The van der Waals surface area contributed by atoms with Crippen LogP contribution in [0.15, 0.2) is 24.7 Å². The molecule has 7 nitrogen and oxygen atoms in total. The van der Waals surface area contributed by atoms with Gasteiger partial charge in [-0.3, -0.25) is 0 Å². The van der Waals surface area contributed by atoms with Gasteiger partial charge in [0.1, 0.15) is 17.9 Å². The zero-order valence-corrected chi connectivity index (χ0v) is 13.8. The van der Waals surface area contributed by atoms with Crippen molar-refractivity contribution in [2.75, 3.05) is 36.0 Å². The Kier molecular flexibility index (Phi) is 3.86.